The molecule has 1 aromatic heterocycles. The van der Waals surface area contributed by atoms with Gasteiger partial charge in [0.1, 0.15) is 12.4 Å². The van der Waals surface area contributed by atoms with Gasteiger partial charge in [-0.2, -0.15) is 23.1 Å². The highest BCUT2D eigenvalue weighted by Crippen LogP contribution is 2.27. The van der Waals surface area contributed by atoms with Crippen LogP contribution >= 0.6 is 0 Å². The van der Waals surface area contributed by atoms with E-state index in [-0.39, 0.29) is 12.4 Å². The Bertz CT molecular complexity index is 875. The molecule has 8 nitrogen and oxygen atoms in total. The Morgan fingerprint density at radius 2 is 1.76 bits per heavy atom. The first-order valence-electron chi connectivity index (χ1n) is 8.30. The van der Waals surface area contributed by atoms with Crippen LogP contribution in [0.2, 0.25) is 0 Å². The van der Waals surface area contributed by atoms with E-state index >= 15 is 0 Å². The number of benzene rings is 1. The highest BCUT2D eigenvalue weighted by molar-refractivity contribution is 6.01. The number of nitrogens with two attached hydrogens (primary N) is 1. The van der Waals surface area contributed by atoms with E-state index in [0.717, 1.165) is 12.7 Å². The number of alkyl halides is 3. The van der Waals surface area contributed by atoms with E-state index < -0.39 is 41.5 Å². The van der Waals surface area contributed by atoms with Crippen molar-refractivity contribution in [2.75, 3.05) is 13.7 Å². The number of aryl methyl sites for hydroxylation is 1. The summed E-state index contributed by atoms with van der Waals surface area (Å²) in [5, 5.41) is 0. The normalized spacial score (nSPS) is 12.2. The van der Waals surface area contributed by atoms with Crippen molar-refractivity contribution in [1.82, 2.24) is 9.97 Å². The summed E-state index contributed by atoms with van der Waals surface area (Å²) in [4.78, 5) is 30.8. The molecule has 11 heteroatoms. The van der Waals surface area contributed by atoms with Gasteiger partial charge in [-0.25, -0.2) is 9.59 Å². The van der Waals surface area contributed by atoms with E-state index in [1.807, 2.05) is 30.3 Å². The molecule has 0 spiro atoms. The quantitative estimate of drug-likeness (QED) is 0.542. The number of hydrogen-bond donors (Lipinski definition) is 1. The van der Waals surface area contributed by atoms with E-state index in [1.54, 1.807) is 0 Å². The first-order valence-corrected chi connectivity index (χ1v) is 8.30. The fourth-order valence-electron chi connectivity index (χ4n) is 2.30. The molecule has 0 amide bonds. The minimum absolute atomic E-state index is 0.118. The zero-order valence-corrected chi connectivity index (χ0v) is 15.5. The smallest absolute Gasteiger partial charge is 0.480 e. The molecule has 2 N–H and O–H groups in total. The second-order valence-corrected chi connectivity index (χ2v) is 5.90. The summed E-state index contributed by atoms with van der Waals surface area (Å²) < 4.78 is 51.4. The van der Waals surface area contributed by atoms with Crippen LogP contribution in [0.1, 0.15) is 21.7 Å². The summed E-state index contributed by atoms with van der Waals surface area (Å²) in [6, 6.07) is 8.74. The van der Waals surface area contributed by atoms with Gasteiger partial charge in [0.05, 0.1) is 7.11 Å². The van der Waals surface area contributed by atoms with Gasteiger partial charge in [-0.1, -0.05) is 30.3 Å². The molecule has 1 heterocycles. The van der Waals surface area contributed by atoms with E-state index in [4.69, 9.17) is 15.2 Å². The van der Waals surface area contributed by atoms with Crippen molar-refractivity contribution >= 4 is 11.9 Å². The lowest BCUT2D eigenvalue weighted by Crippen LogP contribution is -2.31. The molecule has 1 aromatic carbocycles. The maximum Gasteiger partial charge on any atom is 0.491 e. The number of nitrogens with zero attached hydrogens (tertiary/aromatic N) is 2. The maximum atomic E-state index is 12.4. The number of carbonyl (C=O) groups excluding carboxylic acids is 2. The third-order valence-electron chi connectivity index (χ3n) is 3.54. The summed E-state index contributed by atoms with van der Waals surface area (Å²) in [7, 11) is 1.13. The molecule has 0 bridgehead atoms. The fourth-order valence-corrected chi connectivity index (χ4v) is 2.30. The molecular formula is C18H18F3N3O5. The second kappa shape index (κ2) is 9.32. The Kier molecular flexibility index (Phi) is 7.10. The van der Waals surface area contributed by atoms with Crippen LogP contribution in [-0.2, 0) is 16.0 Å². The van der Waals surface area contributed by atoms with Crippen molar-refractivity contribution in [3.8, 4) is 11.8 Å². The zero-order valence-electron chi connectivity index (χ0n) is 15.5. The van der Waals surface area contributed by atoms with Gasteiger partial charge in [0, 0.05) is 6.04 Å². The predicted molar refractivity (Wildman–Crippen MR) is 93.4 cm³/mol. The number of rotatable bonds is 7. The summed E-state index contributed by atoms with van der Waals surface area (Å²) in [6.07, 6.45) is -4.91. The van der Waals surface area contributed by atoms with Gasteiger partial charge in [0.2, 0.25) is 11.8 Å². The fraction of sp³-hybridized carbons (Fsp3) is 0.333. The summed E-state index contributed by atoms with van der Waals surface area (Å²) in [6.45, 7) is 1.33. The molecule has 2 rings (SSSR count). The van der Waals surface area contributed by atoms with Crippen molar-refractivity contribution in [3.63, 3.8) is 0 Å². The van der Waals surface area contributed by atoms with Crippen LogP contribution in [0.3, 0.4) is 0 Å². The van der Waals surface area contributed by atoms with E-state index in [1.165, 1.54) is 6.92 Å². The van der Waals surface area contributed by atoms with Crippen LogP contribution in [0.15, 0.2) is 30.3 Å². The Balaban J connectivity index is 2.21. The second-order valence-electron chi connectivity index (χ2n) is 5.90. The Morgan fingerprint density at radius 1 is 1.14 bits per heavy atom. The molecule has 0 fully saturated rings. The molecule has 0 aliphatic carbocycles. The molecule has 0 aliphatic heterocycles. The van der Waals surface area contributed by atoms with E-state index in [2.05, 4.69) is 14.7 Å². The minimum Gasteiger partial charge on any atom is -0.480 e. The molecule has 2 aromatic rings. The van der Waals surface area contributed by atoms with Crippen LogP contribution in [0.5, 0.6) is 11.8 Å². The Hall–Kier alpha value is -3.21. The number of ether oxygens (including phenoxy) is 3. The first kappa shape index (κ1) is 22.1. The minimum atomic E-state index is -5.35. The van der Waals surface area contributed by atoms with E-state index in [9.17, 15) is 22.8 Å². The number of halogens is 3. The highest BCUT2D eigenvalue weighted by Gasteiger charge is 2.43. The van der Waals surface area contributed by atoms with Crippen LogP contribution < -0.4 is 15.2 Å². The van der Waals surface area contributed by atoms with Gasteiger partial charge in [0.25, 0.3) is 0 Å². The van der Waals surface area contributed by atoms with Gasteiger partial charge in [-0.05, 0) is 18.9 Å². The summed E-state index contributed by atoms with van der Waals surface area (Å²) in [5.74, 6) is -5.03. The van der Waals surface area contributed by atoms with Gasteiger partial charge in [-0.3, -0.25) is 0 Å². The van der Waals surface area contributed by atoms with Crippen LogP contribution in [0, 0.1) is 6.92 Å². The van der Waals surface area contributed by atoms with Gasteiger partial charge < -0.3 is 19.9 Å². The average molecular weight is 413 g/mol. The molecule has 0 saturated heterocycles. The lowest BCUT2D eigenvalue weighted by molar-refractivity contribution is -0.193. The lowest BCUT2D eigenvalue weighted by atomic mass is 10.1. The Labute approximate surface area is 163 Å². The molecule has 0 unspecified atom stereocenters. The SMILES string of the molecule is COc1nc(C)nc(OC[C@H](N)Cc2ccccc2)c1C(=O)OC(=O)C(F)(F)F. The molecule has 0 radical (unpaired) electrons. The molecular weight excluding hydrogens is 395 g/mol. The maximum absolute atomic E-state index is 12.4. The van der Waals surface area contributed by atoms with Gasteiger partial charge in [-0.15, -0.1) is 0 Å². The van der Waals surface area contributed by atoms with Crippen LogP contribution in [0.4, 0.5) is 13.2 Å². The van der Waals surface area contributed by atoms with Crippen molar-refractivity contribution in [2.45, 2.75) is 25.6 Å². The third-order valence-corrected chi connectivity index (χ3v) is 3.54. The van der Waals surface area contributed by atoms with Gasteiger partial charge in [0.15, 0.2) is 5.56 Å². The molecule has 0 aliphatic rings. The lowest BCUT2D eigenvalue weighted by Gasteiger charge is -2.16. The topological polar surface area (TPSA) is 114 Å². The predicted octanol–water partition coefficient (Wildman–Crippen LogP) is 1.99. The summed E-state index contributed by atoms with van der Waals surface area (Å²) >= 11 is 0. The number of methoxy groups -OCH3 is 1. The number of hydrogen-bond acceptors (Lipinski definition) is 8. The van der Waals surface area contributed by atoms with Crippen LogP contribution in [0.25, 0.3) is 0 Å². The van der Waals surface area contributed by atoms with Crippen molar-refractivity contribution in [2.24, 2.45) is 5.73 Å². The standard InChI is InChI=1S/C18H18F3N3O5/c1-10-23-14(27-2)13(16(25)29-17(26)18(19,20)21)15(24-10)28-9-12(22)8-11-6-4-3-5-7-11/h3-7,12H,8-9,22H2,1-2H3/t12-/m1/s1. The molecule has 156 valence electrons. The highest BCUT2D eigenvalue weighted by atomic mass is 19.4. The number of esters is 2. The molecule has 29 heavy (non-hydrogen) atoms. The van der Waals surface area contributed by atoms with Crippen LogP contribution in [-0.4, -0.2) is 47.8 Å². The van der Waals surface area contributed by atoms with Gasteiger partial charge >= 0.3 is 18.1 Å². The third kappa shape index (κ3) is 6.14. The van der Waals surface area contributed by atoms with E-state index in [0.29, 0.717) is 6.42 Å². The summed E-state index contributed by atoms with van der Waals surface area (Å²) in [5.41, 5.74) is 6.30. The Morgan fingerprint density at radius 3 is 2.34 bits per heavy atom. The molecule has 1 atom stereocenters. The molecule has 0 saturated carbocycles. The largest absolute Gasteiger partial charge is 0.491 e. The average Bonchev–Trinajstić information content (AvgIpc) is 2.65. The monoisotopic (exact) mass is 413 g/mol. The van der Waals surface area contributed by atoms with Crippen molar-refractivity contribution < 1.29 is 37.0 Å². The van der Waals surface area contributed by atoms with Crippen molar-refractivity contribution in [3.05, 3.63) is 47.3 Å². The zero-order chi connectivity index (χ0) is 21.6. The number of aromatic nitrogens is 2. The number of carbonyl (C=O) groups is 2. The first-order chi connectivity index (χ1) is 13.6. The van der Waals surface area contributed by atoms with Crippen molar-refractivity contribution in [1.29, 1.82) is 0 Å².